The molecule has 0 bridgehead atoms. The van der Waals surface area contributed by atoms with Crippen molar-refractivity contribution in [3.05, 3.63) is 15.6 Å². The molecule has 0 spiro atoms. The Kier molecular flexibility index (Phi) is 4.66. The fraction of sp³-hybridized carbons (Fsp3) is 0.667. The molecule has 1 fully saturated rings. The quantitative estimate of drug-likeness (QED) is 0.879. The van der Waals surface area contributed by atoms with Crippen LogP contribution in [0.2, 0.25) is 0 Å². The normalized spacial score (nSPS) is 19.8. The molecule has 6 heteroatoms. The first kappa shape index (κ1) is 15.9. The smallest absolute Gasteiger partial charge is 0.263 e. The highest BCUT2D eigenvalue weighted by Gasteiger charge is 2.27. The van der Waals surface area contributed by atoms with Crippen LogP contribution < -0.4 is 10.6 Å². The summed E-state index contributed by atoms with van der Waals surface area (Å²) in [6.07, 6.45) is 2.60. The Hall–Kier alpha value is -1.43. The molecule has 0 aliphatic carbocycles. The summed E-state index contributed by atoms with van der Waals surface area (Å²) in [7, 11) is 0. The lowest BCUT2D eigenvalue weighted by atomic mass is 9.98. The van der Waals surface area contributed by atoms with E-state index in [1.807, 2.05) is 6.92 Å². The van der Waals surface area contributed by atoms with Gasteiger partial charge >= 0.3 is 0 Å². The number of nitrogens with zero attached hydrogens (tertiary/aromatic N) is 1. The number of amides is 2. The van der Waals surface area contributed by atoms with Gasteiger partial charge in [-0.15, -0.1) is 11.3 Å². The minimum atomic E-state index is -0.431. The summed E-state index contributed by atoms with van der Waals surface area (Å²) < 4.78 is 0. The van der Waals surface area contributed by atoms with Crippen LogP contribution in [0.5, 0.6) is 0 Å². The van der Waals surface area contributed by atoms with Gasteiger partial charge in [-0.3, -0.25) is 9.59 Å². The molecule has 1 atom stereocenters. The number of hydrogen-bond acceptors (Lipinski definition) is 4. The highest BCUT2D eigenvalue weighted by Crippen LogP contribution is 2.29. The topological polar surface area (TPSA) is 71.1 Å². The van der Waals surface area contributed by atoms with Gasteiger partial charge in [0.05, 0.1) is 10.7 Å². The van der Waals surface area contributed by atoms with E-state index in [0.29, 0.717) is 17.8 Å². The molecule has 0 radical (unpaired) electrons. The monoisotopic (exact) mass is 309 g/mol. The van der Waals surface area contributed by atoms with E-state index in [0.717, 1.165) is 23.5 Å². The van der Waals surface area contributed by atoms with Crippen LogP contribution in [0.1, 0.15) is 60.4 Å². The van der Waals surface area contributed by atoms with E-state index in [-0.39, 0.29) is 17.2 Å². The summed E-state index contributed by atoms with van der Waals surface area (Å²) in [6, 6.07) is -0.431. The molecular formula is C15H23N3O2S. The molecule has 1 unspecified atom stereocenters. The lowest BCUT2D eigenvalue weighted by Crippen LogP contribution is -2.45. The number of carbonyl (C=O) groups excluding carboxylic acids is 2. The third-order valence-corrected chi connectivity index (χ3v) is 5.07. The number of hydrogen-bond donors (Lipinski definition) is 2. The molecule has 2 N–H and O–H groups in total. The number of carbonyl (C=O) groups is 2. The summed E-state index contributed by atoms with van der Waals surface area (Å²) in [5.74, 6) is -0.276. The Morgan fingerprint density at radius 1 is 1.38 bits per heavy atom. The third kappa shape index (κ3) is 3.81. The summed E-state index contributed by atoms with van der Waals surface area (Å²) in [4.78, 5) is 29.4. The molecule has 21 heavy (non-hydrogen) atoms. The van der Waals surface area contributed by atoms with Crippen molar-refractivity contribution in [1.82, 2.24) is 15.6 Å². The van der Waals surface area contributed by atoms with Gasteiger partial charge in [-0.2, -0.15) is 0 Å². The molecule has 0 saturated carbocycles. The molecule has 2 amide bonds. The van der Waals surface area contributed by atoms with Crippen LogP contribution in [0.25, 0.3) is 0 Å². The number of thiazole rings is 1. The highest BCUT2D eigenvalue weighted by molar-refractivity contribution is 7.14. The molecule has 5 nitrogen and oxygen atoms in total. The SMILES string of the molecule is Cc1nc(C(C)(C)C)sc1C(=O)NC1CCCCNC1=O. The Morgan fingerprint density at radius 3 is 2.71 bits per heavy atom. The average molecular weight is 309 g/mol. The van der Waals surface area contributed by atoms with Gasteiger partial charge in [0.15, 0.2) is 0 Å². The molecule has 2 heterocycles. The van der Waals surface area contributed by atoms with Gasteiger partial charge in [-0.25, -0.2) is 4.98 Å². The largest absolute Gasteiger partial charge is 0.354 e. The van der Waals surface area contributed by atoms with Gasteiger partial charge in [-0.05, 0) is 26.2 Å². The van der Waals surface area contributed by atoms with Crippen molar-refractivity contribution in [3.63, 3.8) is 0 Å². The third-order valence-electron chi connectivity index (χ3n) is 3.49. The molecule has 1 aromatic heterocycles. The minimum Gasteiger partial charge on any atom is -0.354 e. The Labute approximate surface area is 129 Å². The van der Waals surface area contributed by atoms with Gasteiger partial charge in [0.25, 0.3) is 5.91 Å². The van der Waals surface area contributed by atoms with Crippen molar-refractivity contribution in [2.24, 2.45) is 0 Å². The summed E-state index contributed by atoms with van der Waals surface area (Å²) in [6.45, 7) is 8.76. The average Bonchev–Trinajstić information content (AvgIpc) is 2.68. The first-order chi connectivity index (χ1) is 9.79. The fourth-order valence-electron chi connectivity index (χ4n) is 2.23. The van der Waals surface area contributed by atoms with E-state index in [9.17, 15) is 9.59 Å². The Morgan fingerprint density at radius 2 is 2.10 bits per heavy atom. The lowest BCUT2D eigenvalue weighted by molar-refractivity contribution is -0.122. The number of aromatic nitrogens is 1. The first-order valence-electron chi connectivity index (χ1n) is 7.35. The lowest BCUT2D eigenvalue weighted by Gasteiger charge is -2.15. The van der Waals surface area contributed by atoms with Crippen LogP contribution in [-0.2, 0) is 10.2 Å². The van der Waals surface area contributed by atoms with E-state index in [1.54, 1.807) is 0 Å². The van der Waals surface area contributed by atoms with Gasteiger partial charge in [-0.1, -0.05) is 20.8 Å². The van der Waals surface area contributed by atoms with Crippen LogP contribution in [0.3, 0.4) is 0 Å². The zero-order valence-electron chi connectivity index (χ0n) is 13.1. The maximum Gasteiger partial charge on any atom is 0.263 e. The molecule has 2 rings (SSSR count). The Balaban J connectivity index is 2.13. The summed E-state index contributed by atoms with van der Waals surface area (Å²) in [5.41, 5.74) is 0.657. The zero-order chi connectivity index (χ0) is 15.6. The van der Waals surface area contributed by atoms with Crippen molar-refractivity contribution in [2.45, 2.75) is 58.4 Å². The van der Waals surface area contributed by atoms with Crippen molar-refractivity contribution in [1.29, 1.82) is 0 Å². The maximum absolute atomic E-state index is 12.4. The number of rotatable bonds is 2. The van der Waals surface area contributed by atoms with Crippen molar-refractivity contribution in [3.8, 4) is 0 Å². The van der Waals surface area contributed by atoms with Crippen LogP contribution in [-0.4, -0.2) is 29.4 Å². The summed E-state index contributed by atoms with van der Waals surface area (Å²) in [5, 5.41) is 6.62. The van der Waals surface area contributed by atoms with Crippen molar-refractivity contribution < 1.29 is 9.59 Å². The van der Waals surface area contributed by atoms with Gasteiger partial charge in [0.1, 0.15) is 10.9 Å². The van der Waals surface area contributed by atoms with Gasteiger partial charge < -0.3 is 10.6 Å². The zero-order valence-corrected chi connectivity index (χ0v) is 13.9. The van der Waals surface area contributed by atoms with Crippen LogP contribution in [0, 0.1) is 6.92 Å². The van der Waals surface area contributed by atoms with E-state index in [4.69, 9.17) is 0 Å². The standard InChI is InChI=1S/C15H23N3O2S/c1-9-11(21-14(17-9)15(2,3)4)13(20)18-10-7-5-6-8-16-12(10)19/h10H,5-8H2,1-4H3,(H,16,19)(H,18,20). The molecule has 0 aromatic carbocycles. The molecule has 1 aliphatic heterocycles. The van der Waals surface area contributed by atoms with Crippen molar-refractivity contribution >= 4 is 23.2 Å². The fourth-order valence-corrected chi connectivity index (χ4v) is 3.26. The van der Waals surface area contributed by atoms with Crippen molar-refractivity contribution in [2.75, 3.05) is 6.54 Å². The second-order valence-corrected chi connectivity index (χ2v) is 7.50. The van der Waals surface area contributed by atoms with E-state index in [1.165, 1.54) is 11.3 Å². The predicted molar refractivity (Wildman–Crippen MR) is 83.7 cm³/mol. The molecule has 1 aromatic rings. The maximum atomic E-state index is 12.4. The molecule has 1 aliphatic rings. The van der Waals surface area contributed by atoms with E-state index >= 15 is 0 Å². The van der Waals surface area contributed by atoms with E-state index in [2.05, 4.69) is 36.4 Å². The first-order valence-corrected chi connectivity index (χ1v) is 8.17. The Bertz CT molecular complexity index is 546. The van der Waals surface area contributed by atoms with Gasteiger partial charge in [0, 0.05) is 12.0 Å². The molecule has 1 saturated heterocycles. The molecule has 116 valence electrons. The van der Waals surface area contributed by atoms with Crippen LogP contribution in [0.15, 0.2) is 0 Å². The summed E-state index contributed by atoms with van der Waals surface area (Å²) >= 11 is 1.41. The van der Waals surface area contributed by atoms with Crippen LogP contribution >= 0.6 is 11.3 Å². The predicted octanol–water partition coefficient (Wildman–Crippen LogP) is 2.15. The van der Waals surface area contributed by atoms with E-state index < -0.39 is 6.04 Å². The minimum absolute atomic E-state index is 0.0757. The second-order valence-electron chi connectivity index (χ2n) is 6.50. The highest BCUT2D eigenvalue weighted by atomic mass is 32.1. The van der Waals surface area contributed by atoms with Gasteiger partial charge in [0.2, 0.25) is 5.91 Å². The van der Waals surface area contributed by atoms with Crippen LogP contribution in [0.4, 0.5) is 0 Å². The second kappa shape index (κ2) is 6.13. The number of nitrogens with one attached hydrogen (secondary N) is 2. The molecular weight excluding hydrogens is 286 g/mol. The number of aryl methyl sites for hydroxylation is 1.